The summed E-state index contributed by atoms with van der Waals surface area (Å²) in [6, 6.07) is 54.7. The van der Waals surface area contributed by atoms with Crippen molar-refractivity contribution in [3.8, 4) is 44.9 Å². The van der Waals surface area contributed by atoms with Gasteiger partial charge in [-0.3, -0.25) is 0 Å². The van der Waals surface area contributed by atoms with Gasteiger partial charge in [-0.2, -0.15) is 0 Å². The van der Waals surface area contributed by atoms with Crippen LogP contribution < -0.4 is 0 Å². The molecule has 9 aromatic rings. The molecule has 0 spiro atoms. The highest BCUT2D eigenvalue weighted by atomic mass is 16.3. The molecule has 2 aliphatic carbocycles. The summed E-state index contributed by atoms with van der Waals surface area (Å²) in [7, 11) is 0. The van der Waals surface area contributed by atoms with Gasteiger partial charge in [0.1, 0.15) is 11.2 Å². The van der Waals surface area contributed by atoms with E-state index in [2.05, 4.69) is 147 Å². The van der Waals surface area contributed by atoms with E-state index >= 15 is 0 Å². The van der Waals surface area contributed by atoms with Crippen LogP contribution in [0.15, 0.2) is 156 Å². The molecule has 0 amide bonds. The van der Waals surface area contributed by atoms with Crippen molar-refractivity contribution in [3.63, 3.8) is 0 Å². The van der Waals surface area contributed by atoms with E-state index in [0.717, 1.165) is 56.1 Å². The Morgan fingerprint density at radius 2 is 1.31 bits per heavy atom. The van der Waals surface area contributed by atoms with Crippen molar-refractivity contribution in [1.82, 2.24) is 9.97 Å². The zero-order chi connectivity index (χ0) is 34.6. The quantitative estimate of drug-likeness (QED) is 0.188. The molecule has 3 nitrogen and oxygen atoms in total. The van der Waals surface area contributed by atoms with Crippen LogP contribution in [0, 0.1) is 0 Å². The minimum Gasteiger partial charge on any atom is -0.455 e. The molecule has 0 saturated carbocycles. The molecule has 0 saturated heterocycles. The third kappa shape index (κ3) is 4.20. The Labute approximate surface area is 302 Å². The zero-order valence-electron chi connectivity index (χ0n) is 29.0. The number of furan rings is 1. The second-order valence-electron chi connectivity index (χ2n) is 14.9. The van der Waals surface area contributed by atoms with Crippen LogP contribution in [0.1, 0.15) is 47.6 Å². The fourth-order valence-corrected chi connectivity index (χ4v) is 9.11. The molecule has 0 N–H and O–H groups in total. The lowest BCUT2D eigenvalue weighted by Crippen LogP contribution is -2.17. The Hall–Kier alpha value is -6.32. The molecule has 2 aliphatic rings. The number of rotatable bonds is 3. The molecule has 0 fully saturated rings. The normalized spacial score (nSPS) is 15.4. The van der Waals surface area contributed by atoms with Gasteiger partial charge in [-0.05, 0) is 86.8 Å². The molecule has 2 heterocycles. The molecule has 0 radical (unpaired) electrons. The first-order chi connectivity index (χ1) is 25.5. The van der Waals surface area contributed by atoms with Crippen molar-refractivity contribution in [2.24, 2.45) is 0 Å². The second kappa shape index (κ2) is 10.8. The van der Waals surface area contributed by atoms with Gasteiger partial charge in [0.05, 0.1) is 16.8 Å². The summed E-state index contributed by atoms with van der Waals surface area (Å²) in [4.78, 5) is 10.2. The van der Waals surface area contributed by atoms with Crippen LogP contribution in [-0.4, -0.2) is 9.97 Å². The lowest BCUT2D eigenvalue weighted by molar-refractivity contribution is 0.660. The standard InChI is InChI=1S/C49H34N2O/c1-49(2)42-21-10-8-17-34(42)40-27-31-26-38(32-15-6-7-16-33(32)39(31)28-43(40)49)30-23-24-45-41(25-30)35-19-12-20-37(47(35)52-45)48-50-44-22-11-9-18-36(44)46(51-48)29-13-4-3-5-14-29/h3-25,27-28,38H,26H2,1-2H3. The molecule has 7 aromatic carbocycles. The van der Waals surface area contributed by atoms with Gasteiger partial charge in [0.2, 0.25) is 0 Å². The Morgan fingerprint density at radius 3 is 2.21 bits per heavy atom. The maximum absolute atomic E-state index is 6.69. The van der Waals surface area contributed by atoms with Crippen LogP contribution in [-0.2, 0) is 11.8 Å². The van der Waals surface area contributed by atoms with Gasteiger partial charge in [-0.25, -0.2) is 9.97 Å². The van der Waals surface area contributed by atoms with E-state index in [4.69, 9.17) is 14.4 Å². The molecule has 0 aliphatic heterocycles. The number of hydrogen-bond donors (Lipinski definition) is 0. The predicted molar refractivity (Wildman–Crippen MR) is 213 cm³/mol. The lowest BCUT2D eigenvalue weighted by atomic mass is 9.73. The van der Waals surface area contributed by atoms with Gasteiger partial charge in [0, 0.05) is 33.1 Å². The molecule has 1 unspecified atom stereocenters. The van der Waals surface area contributed by atoms with E-state index in [1.807, 2.05) is 18.2 Å². The average Bonchev–Trinajstić information content (AvgIpc) is 3.68. The molecular weight excluding hydrogens is 633 g/mol. The number of benzene rings is 7. The summed E-state index contributed by atoms with van der Waals surface area (Å²) < 4.78 is 6.69. The van der Waals surface area contributed by atoms with E-state index in [0.29, 0.717) is 5.82 Å². The van der Waals surface area contributed by atoms with Crippen molar-refractivity contribution in [2.45, 2.75) is 31.6 Å². The highest BCUT2D eigenvalue weighted by Crippen LogP contribution is 2.53. The summed E-state index contributed by atoms with van der Waals surface area (Å²) in [6.45, 7) is 4.73. The smallest absolute Gasteiger partial charge is 0.164 e. The monoisotopic (exact) mass is 666 g/mol. The number of fused-ring (bicyclic) bond motifs is 10. The van der Waals surface area contributed by atoms with Crippen molar-refractivity contribution in [3.05, 3.63) is 179 Å². The summed E-state index contributed by atoms with van der Waals surface area (Å²) >= 11 is 0. The van der Waals surface area contributed by atoms with Gasteiger partial charge >= 0.3 is 0 Å². The van der Waals surface area contributed by atoms with Gasteiger partial charge in [0.15, 0.2) is 5.82 Å². The first-order valence-electron chi connectivity index (χ1n) is 18.2. The maximum atomic E-state index is 6.69. The molecule has 1 atom stereocenters. The number of hydrogen-bond acceptors (Lipinski definition) is 3. The first kappa shape index (κ1) is 29.4. The predicted octanol–water partition coefficient (Wildman–Crippen LogP) is 12.5. The third-order valence-corrected chi connectivity index (χ3v) is 11.7. The van der Waals surface area contributed by atoms with E-state index < -0.39 is 0 Å². The Bertz CT molecular complexity index is 2920. The van der Waals surface area contributed by atoms with Crippen LogP contribution in [0.4, 0.5) is 0 Å². The molecule has 0 bridgehead atoms. The Morgan fingerprint density at radius 1 is 0.558 bits per heavy atom. The second-order valence-corrected chi connectivity index (χ2v) is 14.9. The van der Waals surface area contributed by atoms with Gasteiger partial charge in [-0.1, -0.05) is 135 Å². The summed E-state index contributed by atoms with van der Waals surface area (Å²) in [5.74, 6) is 0.888. The first-order valence-corrected chi connectivity index (χ1v) is 18.2. The summed E-state index contributed by atoms with van der Waals surface area (Å²) in [5.41, 5.74) is 17.9. The fraction of sp³-hybridized carbons (Fsp3) is 0.102. The van der Waals surface area contributed by atoms with Crippen LogP contribution in [0.3, 0.4) is 0 Å². The average molecular weight is 667 g/mol. The topological polar surface area (TPSA) is 38.9 Å². The molecule has 2 aromatic heterocycles. The fourth-order valence-electron chi connectivity index (χ4n) is 9.11. The zero-order valence-corrected chi connectivity index (χ0v) is 29.0. The van der Waals surface area contributed by atoms with Crippen LogP contribution in [0.5, 0.6) is 0 Å². The summed E-state index contributed by atoms with van der Waals surface area (Å²) in [5, 5.41) is 3.23. The van der Waals surface area contributed by atoms with E-state index in [9.17, 15) is 0 Å². The van der Waals surface area contributed by atoms with E-state index in [1.165, 1.54) is 50.1 Å². The number of para-hydroxylation sites is 2. The molecule has 11 rings (SSSR count). The van der Waals surface area contributed by atoms with E-state index in [1.54, 1.807) is 0 Å². The Kier molecular flexibility index (Phi) is 6.13. The van der Waals surface area contributed by atoms with Gasteiger partial charge in [-0.15, -0.1) is 0 Å². The third-order valence-electron chi connectivity index (χ3n) is 11.7. The minimum atomic E-state index is -0.0278. The number of nitrogens with zero attached hydrogens (tertiary/aromatic N) is 2. The van der Waals surface area contributed by atoms with E-state index in [-0.39, 0.29) is 11.3 Å². The van der Waals surface area contributed by atoms with Crippen molar-refractivity contribution >= 4 is 32.8 Å². The maximum Gasteiger partial charge on any atom is 0.164 e. The van der Waals surface area contributed by atoms with Crippen molar-refractivity contribution in [1.29, 1.82) is 0 Å². The van der Waals surface area contributed by atoms with Gasteiger partial charge in [0.25, 0.3) is 0 Å². The van der Waals surface area contributed by atoms with Crippen LogP contribution in [0.25, 0.3) is 77.7 Å². The highest BCUT2D eigenvalue weighted by Gasteiger charge is 2.37. The van der Waals surface area contributed by atoms with Crippen molar-refractivity contribution < 1.29 is 4.42 Å². The van der Waals surface area contributed by atoms with Crippen LogP contribution in [0.2, 0.25) is 0 Å². The largest absolute Gasteiger partial charge is 0.455 e. The number of aromatic nitrogens is 2. The minimum absolute atomic E-state index is 0.0278. The van der Waals surface area contributed by atoms with Crippen LogP contribution >= 0.6 is 0 Å². The Balaban J connectivity index is 1.05. The van der Waals surface area contributed by atoms with Gasteiger partial charge < -0.3 is 4.42 Å². The molecule has 246 valence electrons. The SMILES string of the molecule is CC1(C)c2ccccc2-c2cc3c(cc21)-c1ccccc1C(c1ccc2oc4c(-c5nc(-c6ccccc6)c6ccccc6n5)cccc4c2c1)C3. The van der Waals surface area contributed by atoms with Crippen molar-refractivity contribution in [2.75, 3.05) is 0 Å². The summed E-state index contributed by atoms with van der Waals surface area (Å²) in [6.07, 6.45) is 0.946. The molecule has 52 heavy (non-hydrogen) atoms. The lowest BCUT2D eigenvalue weighted by Gasteiger charge is -2.30. The highest BCUT2D eigenvalue weighted by molar-refractivity contribution is 6.09. The molecular formula is C49H34N2O. The molecule has 3 heteroatoms.